The Morgan fingerprint density at radius 3 is 2.50 bits per heavy atom. The molecule has 0 aliphatic rings. The van der Waals surface area contributed by atoms with E-state index < -0.39 is 0 Å². The summed E-state index contributed by atoms with van der Waals surface area (Å²) in [5.74, 6) is 3.16. The van der Waals surface area contributed by atoms with Gasteiger partial charge in [-0.3, -0.25) is 4.99 Å². The first kappa shape index (κ1) is 9.23. The molecule has 0 spiro atoms. The number of rotatable bonds is 4. The van der Waals surface area contributed by atoms with Crippen LogP contribution in [0.1, 0.15) is 26.7 Å². The number of nitrogens with zero attached hydrogens (tertiary/aromatic N) is 1. The maximum absolute atomic E-state index is 5.12. The van der Waals surface area contributed by atoms with E-state index in [0.717, 1.165) is 12.8 Å². The van der Waals surface area contributed by atoms with Crippen LogP contribution >= 0.6 is 0 Å². The average Bonchev–Trinajstić information content (AvgIpc) is 1.89. The molecule has 0 amide bonds. The van der Waals surface area contributed by atoms with Crippen molar-refractivity contribution in [2.45, 2.75) is 32.7 Å². The molecule has 0 rings (SSSR count). The van der Waals surface area contributed by atoms with Crippen molar-refractivity contribution in [1.82, 2.24) is 0 Å². The zero-order valence-corrected chi connectivity index (χ0v) is 6.80. The lowest BCUT2D eigenvalue weighted by Gasteiger charge is -2.13. The Hall–Kier alpha value is -0.770. The van der Waals surface area contributed by atoms with E-state index in [1.165, 1.54) is 0 Å². The fraction of sp³-hybridized carbons (Fsp3) is 0.667. The molecule has 10 heavy (non-hydrogen) atoms. The highest BCUT2D eigenvalue weighted by Gasteiger charge is 2.08. The highest BCUT2D eigenvalue weighted by atomic mass is 14.7. The van der Waals surface area contributed by atoms with E-state index in [4.69, 9.17) is 6.42 Å². The van der Waals surface area contributed by atoms with Crippen molar-refractivity contribution in [3.63, 3.8) is 0 Å². The van der Waals surface area contributed by atoms with E-state index in [2.05, 4.69) is 31.5 Å². The third-order valence-electron chi connectivity index (χ3n) is 1.59. The van der Waals surface area contributed by atoms with Gasteiger partial charge in [0, 0.05) is 6.42 Å². The molecule has 0 bridgehead atoms. The van der Waals surface area contributed by atoms with Gasteiger partial charge in [0.25, 0.3) is 0 Å². The van der Waals surface area contributed by atoms with E-state index in [0.29, 0.717) is 12.0 Å². The Morgan fingerprint density at radius 1 is 1.60 bits per heavy atom. The van der Waals surface area contributed by atoms with Gasteiger partial charge in [-0.25, -0.2) is 0 Å². The molecule has 0 heterocycles. The molecule has 0 saturated carbocycles. The van der Waals surface area contributed by atoms with Gasteiger partial charge in [-0.1, -0.05) is 13.8 Å². The molecule has 0 aromatic rings. The molecule has 1 heteroatoms. The molecule has 0 aliphatic heterocycles. The van der Waals surface area contributed by atoms with Crippen molar-refractivity contribution in [3.8, 4) is 12.3 Å². The van der Waals surface area contributed by atoms with Crippen LogP contribution in [0.2, 0.25) is 0 Å². The minimum absolute atomic E-state index is 0.344. The number of hydrogen-bond acceptors (Lipinski definition) is 1. The molecule has 0 aliphatic carbocycles. The predicted molar refractivity (Wildman–Crippen MR) is 46.2 cm³/mol. The van der Waals surface area contributed by atoms with Gasteiger partial charge in [0.2, 0.25) is 0 Å². The quantitative estimate of drug-likeness (QED) is 0.416. The van der Waals surface area contributed by atoms with Crippen LogP contribution in [0.5, 0.6) is 0 Å². The monoisotopic (exact) mass is 137 g/mol. The van der Waals surface area contributed by atoms with E-state index >= 15 is 0 Å². The second-order valence-electron chi connectivity index (χ2n) is 2.74. The molecule has 0 N–H and O–H groups in total. The largest absolute Gasteiger partial charge is 0.297 e. The van der Waals surface area contributed by atoms with E-state index in [-0.39, 0.29) is 0 Å². The van der Waals surface area contributed by atoms with Gasteiger partial charge >= 0.3 is 0 Å². The summed E-state index contributed by atoms with van der Waals surface area (Å²) in [7, 11) is 0. The Morgan fingerprint density at radius 2 is 2.20 bits per heavy atom. The van der Waals surface area contributed by atoms with Crippen molar-refractivity contribution in [2.75, 3.05) is 0 Å². The fourth-order valence-corrected chi connectivity index (χ4v) is 0.867. The lowest BCUT2D eigenvalue weighted by molar-refractivity contribution is 0.474. The Labute approximate surface area is 63.6 Å². The summed E-state index contributed by atoms with van der Waals surface area (Å²) in [6.07, 6.45) is 6.90. The van der Waals surface area contributed by atoms with Gasteiger partial charge < -0.3 is 0 Å². The van der Waals surface area contributed by atoms with Gasteiger partial charge in [0.05, 0.1) is 6.04 Å². The van der Waals surface area contributed by atoms with E-state index in [9.17, 15) is 0 Å². The van der Waals surface area contributed by atoms with Crippen LogP contribution < -0.4 is 0 Å². The number of terminal acetylenes is 1. The second-order valence-corrected chi connectivity index (χ2v) is 2.74. The minimum atomic E-state index is 0.344. The van der Waals surface area contributed by atoms with Crippen molar-refractivity contribution in [2.24, 2.45) is 10.9 Å². The highest BCUT2D eigenvalue weighted by molar-refractivity contribution is 5.24. The molecular weight excluding hydrogens is 122 g/mol. The Bertz CT molecular complexity index is 130. The van der Waals surface area contributed by atoms with Gasteiger partial charge in [-0.15, -0.1) is 12.3 Å². The molecule has 0 aromatic carbocycles. The first-order chi connectivity index (χ1) is 4.72. The third-order valence-corrected chi connectivity index (χ3v) is 1.59. The van der Waals surface area contributed by atoms with Crippen LogP contribution in [0.4, 0.5) is 0 Å². The van der Waals surface area contributed by atoms with Crippen molar-refractivity contribution in [1.29, 1.82) is 0 Å². The molecule has 1 atom stereocenters. The number of aliphatic imine (C=N–C) groups is 1. The molecule has 0 fully saturated rings. The first-order valence-corrected chi connectivity index (χ1v) is 3.61. The van der Waals surface area contributed by atoms with E-state index in [1.54, 1.807) is 0 Å². The smallest absolute Gasteiger partial charge is 0.0524 e. The maximum Gasteiger partial charge on any atom is 0.0524 e. The minimum Gasteiger partial charge on any atom is -0.297 e. The highest BCUT2D eigenvalue weighted by Crippen LogP contribution is 2.11. The molecule has 0 radical (unpaired) electrons. The van der Waals surface area contributed by atoms with Gasteiger partial charge in [-0.2, -0.15) is 0 Å². The summed E-state index contributed by atoms with van der Waals surface area (Å²) in [5.41, 5.74) is 0. The summed E-state index contributed by atoms with van der Waals surface area (Å²) >= 11 is 0. The van der Waals surface area contributed by atoms with Gasteiger partial charge in [0.15, 0.2) is 0 Å². The summed E-state index contributed by atoms with van der Waals surface area (Å²) in [6.45, 7) is 7.79. The topological polar surface area (TPSA) is 12.4 Å². The van der Waals surface area contributed by atoms with Crippen LogP contribution in [0.25, 0.3) is 0 Å². The first-order valence-electron chi connectivity index (χ1n) is 3.61. The zero-order chi connectivity index (χ0) is 7.98. The second kappa shape index (κ2) is 5.05. The normalized spacial score (nSPS) is 12.6. The van der Waals surface area contributed by atoms with Gasteiger partial charge in [-0.05, 0) is 19.1 Å². The number of hydrogen-bond donors (Lipinski definition) is 0. The third kappa shape index (κ3) is 3.29. The molecular formula is C9H15N. The van der Waals surface area contributed by atoms with Crippen molar-refractivity contribution >= 4 is 6.72 Å². The molecule has 1 nitrogen and oxygen atoms in total. The van der Waals surface area contributed by atoms with Crippen LogP contribution in [0.15, 0.2) is 4.99 Å². The van der Waals surface area contributed by atoms with Crippen LogP contribution in [-0.2, 0) is 0 Å². The van der Waals surface area contributed by atoms with Crippen molar-refractivity contribution in [3.05, 3.63) is 0 Å². The average molecular weight is 137 g/mol. The fourth-order valence-electron chi connectivity index (χ4n) is 0.867. The van der Waals surface area contributed by atoms with Crippen LogP contribution in [0.3, 0.4) is 0 Å². The molecule has 0 saturated heterocycles. The lowest BCUT2D eigenvalue weighted by Crippen LogP contribution is -2.11. The summed E-state index contributed by atoms with van der Waals surface area (Å²) in [5, 5.41) is 0. The van der Waals surface area contributed by atoms with Gasteiger partial charge in [0.1, 0.15) is 0 Å². The van der Waals surface area contributed by atoms with Crippen LogP contribution in [-0.4, -0.2) is 12.8 Å². The maximum atomic E-state index is 5.12. The SMILES string of the molecule is C#CCCC(N=C)C(C)C. The lowest BCUT2D eigenvalue weighted by atomic mass is 10.0. The van der Waals surface area contributed by atoms with Crippen molar-refractivity contribution < 1.29 is 0 Å². The summed E-state index contributed by atoms with van der Waals surface area (Å²) in [6, 6.07) is 0.344. The van der Waals surface area contributed by atoms with E-state index in [1.807, 2.05) is 0 Å². The summed E-state index contributed by atoms with van der Waals surface area (Å²) < 4.78 is 0. The Balaban J connectivity index is 3.63. The van der Waals surface area contributed by atoms with Crippen LogP contribution in [0, 0.1) is 18.3 Å². The summed E-state index contributed by atoms with van der Waals surface area (Å²) in [4.78, 5) is 3.98. The standard InChI is InChI=1S/C9H15N/c1-5-6-7-9(10-4)8(2)3/h1,8-9H,4,6-7H2,2-3H3. The molecule has 56 valence electrons. The molecule has 0 aromatic heterocycles. The predicted octanol–water partition coefficient (Wildman–Crippen LogP) is 2.12. The Kier molecular flexibility index (Phi) is 4.66. The molecule has 1 unspecified atom stereocenters. The zero-order valence-electron chi connectivity index (χ0n) is 6.80.